The maximum atomic E-state index is 13.1. The molecule has 2 aromatic carbocycles. The van der Waals surface area contributed by atoms with Crippen LogP contribution in [-0.2, 0) is 11.8 Å². The van der Waals surface area contributed by atoms with Crippen molar-refractivity contribution in [3.8, 4) is 16.9 Å². The number of aromatic nitrogens is 1. The van der Waals surface area contributed by atoms with E-state index < -0.39 is 11.7 Å². The smallest absolute Gasteiger partial charge is 0.415 e. The van der Waals surface area contributed by atoms with Crippen molar-refractivity contribution in [2.75, 3.05) is 19.1 Å². The van der Waals surface area contributed by atoms with Gasteiger partial charge in [0.25, 0.3) is 5.56 Å². The Morgan fingerprint density at radius 2 is 1.70 bits per heavy atom. The SMILES string of the molecule is COc1ccc(-c2c(N(C)C(=O)OC(C)(C)C)n(C)c(=O)c3ccc(Cl)cc23)cc1. The summed E-state index contributed by atoms with van der Waals surface area (Å²) in [6, 6.07) is 12.5. The number of amides is 1. The molecule has 0 aliphatic heterocycles. The van der Waals surface area contributed by atoms with Crippen molar-refractivity contribution in [3.05, 3.63) is 57.8 Å². The highest BCUT2D eigenvalue weighted by Gasteiger charge is 2.26. The number of hydrogen-bond acceptors (Lipinski definition) is 4. The molecule has 0 aliphatic rings. The Balaban J connectivity index is 2.35. The average Bonchev–Trinajstić information content (AvgIpc) is 2.68. The molecule has 1 amide bonds. The van der Waals surface area contributed by atoms with E-state index in [0.29, 0.717) is 32.9 Å². The van der Waals surface area contributed by atoms with E-state index in [0.717, 1.165) is 5.56 Å². The van der Waals surface area contributed by atoms with E-state index in [2.05, 4.69) is 0 Å². The molecule has 0 saturated heterocycles. The molecule has 0 N–H and O–H groups in total. The molecule has 0 saturated carbocycles. The fourth-order valence-electron chi connectivity index (χ4n) is 3.33. The van der Waals surface area contributed by atoms with Crippen LogP contribution < -0.4 is 15.2 Å². The first-order valence-electron chi connectivity index (χ1n) is 9.47. The van der Waals surface area contributed by atoms with Gasteiger partial charge in [0, 0.05) is 35.5 Å². The summed E-state index contributed by atoms with van der Waals surface area (Å²) >= 11 is 6.27. The van der Waals surface area contributed by atoms with Crippen LogP contribution in [0.2, 0.25) is 5.02 Å². The van der Waals surface area contributed by atoms with E-state index in [1.807, 2.05) is 24.3 Å². The van der Waals surface area contributed by atoms with Gasteiger partial charge in [0.1, 0.15) is 17.2 Å². The molecule has 0 radical (unpaired) electrons. The molecular weight excluding hydrogens is 404 g/mol. The molecular formula is C23H25ClN2O4. The van der Waals surface area contributed by atoms with E-state index in [1.54, 1.807) is 60.2 Å². The van der Waals surface area contributed by atoms with Gasteiger partial charge in [-0.2, -0.15) is 0 Å². The number of carbonyl (C=O) groups is 1. The first-order chi connectivity index (χ1) is 14.0. The lowest BCUT2D eigenvalue weighted by Crippen LogP contribution is -2.37. The number of fused-ring (bicyclic) bond motifs is 1. The second-order valence-corrected chi connectivity index (χ2v) is 8.46. The molecule has 0 atom stereocenters. The summed E-state index contributed by atoms with van der Waals surface area (Å²) < 4.78 is 12.3. The Bertz CT molecular complexity index is 1160. The van der Waals surface area contributed by atoms with Gasteiger partial charge in [-0.05, 0) is 56.7 Å². The number of halogens is 1. The van der Waals surface area contributed by atoms with E-state index in [-0.39, 0.29) is 5.56 Å². The van der Waals surface area contributed by atoms with Crippen molar-refractivity contribution < 1.29 is 14.3 Å². The van der Waals surface area contributed by atoms with E-state index >= 15 is 0 Å². The second kappa shape index (κ2) is 8.03. The van der Waals surface area contributed by atoms with Crippen molar-refractivity contribution in [2.24, 2.45) is 7.05 Å². The lowest BCUT2D eigenvalue weighted by Gasteiger charge is -2.28. The first-order valence-corrected chi connectivity index (χ1v) is 9.84. The Morgan fingerprint density at radius 1 is 1.07 bits per heavy atom. The molecule has 0 unspecified atom stereocenters. The average molecular weight is 429 g/mol. The number of anilines is 1. The van der Waals surface area contributed by atoms with Gasteiger partial charge in [-0.15, -0.1) is 0 Å². The molecule has 6 nitrogen and oxygen atoms in total. The number of pyridine rings is 1. The van der Waals surface area contributed by atoms with Gasteiger partial charge < -0.3 is 9.47 Å². The van der Waals surface area contributed by atoms with Crippen LogP contribution in [0, 0.1) is 0 Å². The zero-order valence-corrected chi connectivity index (χ0v) is 18.7. The molecule has 1 aromatic heterocycles. The van der Waals surface area contributed by atoms with E-state index in [4.69, 9.17) is 21.1 Å². The fraction of sp³-hybridized carbons (Fsp3) is 0.304. The topological polar surface area (TPSA) is 60.8 Å². The number of benzene rings is 2. The van der Waals surface area contributed by atoms with Gasteiger partial charge in [0.05, 0.1) is 7.11 Å². The summed E-state index contributed by atoms with van der Waals surface area (Å²) in [5.41, 5.74) is 0.601. The molecule has 0 aliphatic carbocycles. The zero-order chi connectivity index (χ0) is 22.2. The lowest BCUT2D eigenvalue weighted by molar-refractivity contribution is 0.0587. The monoisotopic (exact) mass is 428 g/mol. The normalized spacial score (nSPS) is 11.4. The molecule has 3 aromatic rings. The Labute approximate surface area is 180 Å². The third-order valence-corrected chi connectivity index (χ3v) is 4.93. The van der Waals surface area contributed by atoms with E-state index in [1.165, 1.54) is 9.47 Å². The highest BCUT2D eigenvalue weighted by Crippen LogP contribution is 2.37. The summed E-state index contributed by atoms with van der Waals surface area (Å²) in [5.74, 6) is 1.11. The second-order valence-electron chi connectivity index (χ2n) is 8.02. The quantitative estimate of drug-likeness (QED) is 0.572. The number of hydrogen-bond donors (Lipinski definition) is 0. The van der Waals surface area contributed by atoms with Crippen molar-refractivity contribution >= 4 is 34.3 Å². The highest BCUT2D eigenvalue weighted by atomic mass is 35.5. The van der Waals surface area contributed by atoms with Gasteiger partial charge in [-0.1, -0.05) is 23.7 Å². The number of ether oxygens (including phenoxy) is 2. The minimum Gasteiger partial charge on any atom is -0.497 e. The predicted octanol–water partition coefficient (Wildman–Crippen LogP) is 5.24. The summed E-state index contributed by atoms with van der Waals surface area (Å²) in [5, 5.41) is 1.66. The molecule has 0 bridgehead atoms. The third kappa shape index (κ3) is 4.14. The van der Waals surface area contributed by atoms with Gasteiger partial charge in [0.2, 0.25) is 0 Å². The van der Waals surface area contributed by atoms with Crippen molar-refractivity contribution in [3.63, 3.8) is 0 Å². The zero-order valence-electron chi connectivity index (χ0n) is 17.9. The van der Waals surface area contributed by atoms with Crippen molar-refractivity contribution in [1.82, 2.24) is 4.57 Å². The molecule has 158 valence electrons. The van der Waals surface area contributed by atoms with E-state index in [9.17, 15) is 9.59 Å². The third-order valence-electron chi connectivity index (χ3n) is 4.69. The largest absolute Gasteiger partial charge is 0.497 e. The van der Waals surface area contributed by atoms with Crippen LogP contribution in [0.25, 0.3) is 21.9 Å². The van der Waals surface area contributed by atoms with Gasteiger partial charge >= 0.3 is 6.09 Å². The fourth-order valence-corrected chi connectivity index (χ4v) is 3.50. The molecule has 30 heavy (non-hydrogen) atoms. The molecule has 0 fully saturated rings. The highest BCUT2D eigenvalue weighted by molar-refractivity contribution is 6.31. The lowest BCUT2D eigenvalue weighted by atomic mass is 9.98. The van der Waals surface area contributed by atoms with Crippen molar-refractivity contribution in [2.45, 2.75) is 26.4 Å². The van der Waals surface area contributed by atoms with Gasteiger partial charge in [-0.25, -0.2) is 4.79 Å². The van der Waals surface area contributed by atoms with Crippen LogP contribution in [0.3, 0.4) is 0 Å². The van der Waals surface area contributed by atoms with Gasteiger partial charge in [0.15, 0.2) is 0 Å². The number of rotatable bonds is 3. The molecule has 7 heteroatoms. The Hall–Kier alpha value is -2.99. The molecule has 3 rings (SSSR count). The molecule has 0 spiro atoms. The van der Waals surface area contributed by atoms with Crippen LogP contribution in [0.1, 0.15) is 20.8 Å². The number of methoxy groups -OCH3 is 1. The van der Waals surface area contributed by atoms with Crippen molar-refractivity contribution in [1.29, 1.82) is 0 Å². The van der Waals surface area contributed by atoms with Crippen LogP contribution in [0.4, 0.5) is 10.6 Å². The first kappa shape index (κ1) is 21.7. The minimum atomic E-state index is -0.676. The number of carbonyl (C=O) groups excluding carboxylic acids is 1. The Morgan fingerprint density at radius 3 is 2.27 bits per heavy atom. The van der Waals surface area contributed by atoms with Crippen LogP contribution in [-0.4, -0.2) is 30.4 Å². The van der Waals surface area contributed by atoms with Gasteiger partial charge in [-0.3, -0.25) is 14.3 Å². The predicted molar refractivity (Wildman–Crippen MR) is 121 cm³/mol. The summed E-state index contributed by atoms with van der Waals surface area (Å²) in [7, 11) is 4.82. The minimum absolute atomic E-state index is 0.232. The Kier molecular flexibility index (Phi) is 5.81. The summed E-state index contributed by atoms with van der Waals surface area (Å²) in [6.07, 6.45) is -0.561. The maximum Gasteiger partial charge on any atom is 0.415 e. The molecule has 1 heterocycles. The van der Waals surface area contributed by atoms with Crippen LogP contribution >= 0.6 is 11.6 Å². The maximum absolute atomic E-state index is 13.1. The van der Waals surface area contributed by atoms with Crippen LogP contribution in [0.15, 0.2) is 47.3 Å². The van der Waals surface area contributed by atoms with Crippen LogP contribution in [0.5, 0.6) is 5.75 Å². The number of nitrogens with zero attached hydrogens (tertiary/aromatic N) is 2. The summed E-state index contributed by atoms with van der Waals surface area (Å²) in [4.78, 5) is 27.3. The summed E-state index contributed by atoms with van der Waals surface area (Å²) in [6.45, 7) is 5.38. The standard InChI is InChI=1S/C23H25ClN2O4/c1-23(2,3)30-22(28)26(5)20-19(14-7-10-16(29-6)11-8-14)18-13-15(24)9-12-17(18)21(27)25(20)4/h7-13H,1-6H3.